The molecule has 1 atom stereocenters. The maximum absolute atomic E-state index is 8.60. The summed E-state index contributed by atoms with van der Waals surface area (Å²) < 4.78 is 0. The quantitative estimate of drug-likeness (QED) is 0.753. The molecule has 4 N–H and O–H groups in total. The number of hydroxylamine groups is 1. The number of hydrogen-bond acceptors (Lipinski definition) is 4. The molecule has 126 valence electrons. The third-order valence-electron chi connectivity index (χ3n) is 4.77. The first-order valence-corrected chi connectivity index (χ1v) is 8.58. The van der Waals surface area contributed by atoms with E-state index in [9.17, 15) is 0 Å². The fourth-order valence-electron chi connectivity index (χ4n) is 3.25. The second-order valence-electron chi connectivity index (χ2n) is 6.49. The molecule has 0 aromatic heterocycles. The highest BCUT2D eigenvalue weighted by Crippen LogP contribution is 2.36. The minimum Gasteiger partial charge on any atom is -0.387 e. The second-order valence-corrected chi connectivity index (χ2v) is 6.49. The third kappa shape index (κ3) is 4.22. The molecule has 4 nitrogen and oxygen atoms in total. The van der Waals surface area contributed by atoms with Crippen LogP contribution >= 0.6 is 0 Å². The van der Waals surface area contributed by atoms with E-state index in [0.29, 0.717) is 18.0 Å². The van der Waals surface area contributed by atoms with Crippen molar-refractivity contribution in [1.82, 2.24) is 5.48 Å². The van der Waals surface area contributed by atoms with Gasteiger partial charge in [-0.1, -0.05) is 60.7 Å². The van der Waals surface area contributed by atoms with Crippen molar-refractivity contribution in [3.05, 3.63) is 71.8 Å². The van der Waals surface area contributed by atoms with Gasteiger partial charge in [-0.25, -0.2) is 5.48 Å². The number of nitrogens with one attached hydrogen (secondary N) is 1. The smallest absolute Gasteiger partial charge is 0.0945 e. The van der Waals surface area contributed by atoms with Gasteiger partial charge in [-0.2, -0.15) is 0 Å². The molecule has 1 saturated carbocycles. The molecule has 0 unspecified atom stereocenters. The lowest BCUT2D eigenvalue weighted by Crippen LogP contribution is -2.37. The van der Waals surface area contributed by atoms with Gasteiger partial charge in [0.25, 0.3) is 0 Å². The normalized spacial score (nSPS) is 25.2. The van der Waals surface area contributed by atoms with Gasteiger partial charge in [0.1, 0.15) is 0 Å². The molecule has 0 bridgehead atoms. The van der Waals surface area contributed by atoms with Crippen LogP contribution in [-0.2, 0) is 0 Å². The van der Waals surface area contributed by atoms with E-state index < -0.39 is 0 Å². The lowest BCUT2D eigenvalue weighted by Gasteiger charge is -2.34. The van der Waals surface area contributed by atoms with Crippen molar-refractivity contribution in [2.24, 2.45) is 10.7 Å². The van der Waals surface area contributed by atoms with Gasteiger partial charge in [-0.15, -0.1) is 0 Å². The molecule has 2 aromatic rings. The Morgan fingerprint density at radius 3 is 2.00 bits per heavy atom. The molecule has 1 fully saturated rings. The molecule has 0 spiro atoms. The van der Waals surface area contributed by atoms with Gasteiger partial charge < -0.3 is 10.9 Å². The maximum atomic E-state index is 8.60. The molecule has 0 saturated heterocycles. The minimum atomic E-state index is 0.311. The van der Waals surface area contributed by atoms with Gasteiger partial charge in [0.15, 0.2) is 0 Å². The Morgan fingerprint density at radius 2 is 1.50 bits per heavy atom. The van der Waals surface area contributed by atoms with Gasteiger partial charge >= 0.3 is 0 Å². The number of aliphatic imine (C=N–C) groups is 1. The number of nitrogens with zero attached hydrogens (tertiary/aromatic N) is 1. The number of amidine groups is 1. The zero-order chi connectivity index (χ0) is 16.8. The van der Waals surface area contributed by atoms with Crippen molar-refractivity contribution in [2.75, 3.05) is 0 Å². The molecule has 0 amide bonds. The molecular formula is C20H25N3O. The van der Waals surface area contributed by atoms with Crippen molar-refractivity contribution < 1.29 is 5.21 Å². The lowest BCUT2D eigenvalue weighted by atomic mass is 9.76. The summed E-state index contributed by atoms with van der Waals surface area (Å²) in [6.45, 7) is 0. The SMILES string of the molecule is NC1=N[C@H](c2ccccc2)CC1.ONC1CC(c2ccccc2)C1. The van der Waals surface area contributed by atoms with Crippen molar-refractivity contribution in [2.45, 2.75) is 43.7 Å². The van der Waals surface area contributed by atoms with E-state index in [2.05, 4.69) is 46.9 Å². The average Bonchev–Trinajstić information content (AvgIpc) is 3.03. The predicted molar refractivity (Wildman–Crippen MR) is 97.2 cm³/mol. The highest BCUT2D eigenvalue weighted by Gasteiger charge is 2.29. The van der Waals surface area contributed by atoms with Crippen LogP contribution in [0.1, 0.15) is 48.8 Å². The first kappa shape index (κ1) is 16.7. The Bertz CT molecular complexity index is 651. The van der Waals surface area contributed by atoms with E-state index in [1.807, 2.05) is 24.3 Å². The van der Waals surface area contributed by atoms with Crippen molar-refractivity contribution in [1.29, 1.82) is 0 Å². The summed E-state index contributed by atoms with van der Waals surface area (Å²) in [5, 5.41) is 8.60. The van der Waals surface area contributed by atoms with Crippen molar-refractivity contribution in [3.63, 3.8) is 0 Å². The minimum absolute atomic E-state index is 0.311. The van der Waals surface area contributed by atoms with E-state index in [1.54, 1.807) is 0 Å². The fourth-order valence-corrected chi connectivity index (χ4v) is 3.25. The predicted octanol–water partition coefficient (Wildman–Crippen LogP) is 3.79. The summed E-state index contributed by atoms with van der Waals surface area (Å²) in [7, 11) is 0. The molecule has 2 aliphatic rings. The van der Waals surface area contributed by atoms with Crippen molar-refractivity contribution in [3.8, 4) is 0 Å². The summed E-state index contributed by atoms with van der Waals surface area (Å²) in [4.78, 5) is 4.35. The van der Waals surface area contributed by atoms with E-state index in [-0.39, 0.29) is 0 Å². The van der Waals surface area contributed by atoms with Crippen LogP contribution in [0, 0.1) is 0 Å². The van der Waals surface area contributed by atoms with Gasteiger partial charge in [-0.3, -0.25) is 4.99 Å². The first-order chi connectivity index (χ1) is 11.8. The number of benzene rings is 2. The lowest BCUT2D eigenvalue weighted by molar-refractivity contribution is 0.0782. The molecule has 1 aliphatic carbocycles. The Hall–Kier alpha value is -2.17. The number of nitrogens with two attached hydrogens (primary N) is 1. The average molecular weight is 323 g/mol. The summed E-state index contributed by atoms with van der Waals surface area (Å²) >= 11 is 0. The zero-order valence-electron chi connectivity index (χ0n) is 13.8. The van der Waals surface area contributed by atoms with Crippen LogP contribution < -0.4 is 11.2 Å². The van der Waals surface area contributed by atoms with Gasteiger partial charge in [0, 0.05) is 12.5 Å². The van der Waals surface area contributed by atoms with Crippen LogP contribution in [0.2, 0.25) is 0 Å². The molecule has 24 heavy (non-hydrogen) atoms. The summed E-state index contributed by atoms with van der Waals surface area (Å²) in [6, 6.07) is 21.4. The Labute approximate surface area is 143 Å². The highest BCUT2D eigenvalue weighted by molar-refractivity contribution is 5.82. The van der Waals surface area contributed by atoms with Crippen LogP contribution in [0.25, 0.3) is 0 Å². The standard InChI is InChI=1S/C10H12N2.C10H13NO/c11-10-7-6-9(12-10)8-4-2-1-3-5-8;12-11-10-6-9(7-10)8-4-2-1-3-5-8/h1-5,9H,6-7H2,(H2,11,12);1-5,9-12H,6-7H2/t9-;/m0./s1. The Morgan fingerprint density at radius 1 is 0.917 bits per heavy atom. The maximum Gasteiger partial charge on any atom is 0.0945 e. The van der Waals surface area contributed by atoms with Gasteiger partial charge in [0.05, 0.1) is 11.9 Å². The van der Waals surface area contributed by atoms with Crippen LogP contribution in [0.15, 0.2) is 65.7 Å². The molecular weight excluding hydrogens is 298 g/mol. The van der Waals surface area contributed by atoms with Crippen LogP contribution in [-0.4, -0.2) is 17.1 Å². The Balaban J connectivity index is 0.000000141. The van der Waals surface area contributed by atoms with E-state index in [4.69, 9.17) is 10.9 Å². The van der Waals surface area contributed by atoms with Crippen molar-refractivity contribution >= 4 is 5.84 Å². The first-order valence-electron chi connectivity index (χ1n) is 8.58. The zero-order valence-corrected chi connectivity index (χ0v) is 13.8. The van der Waals surface area contributed by atoms with Crippen LogP contribution in [0.4, 0.5) is 0 Å². The topological polar surface area (TPSA) is 70.6 Å². The molecule has 4 rings (SSSR count). The molecule has 4 heteroatoms. The van der Waals surface area contributed by atoms with Gasteiger partial charge in [-0.05, 0) is 36.3 Å². The molecule has 0 radical (unpaired) electrons. The Kier molecular flexibility index (Phi) is 5.62. The molecule has 1 heterocycles. The largest absolute Gasteiger partial charge is 0.387 e. The second kappa shape index (κ2) is 8.08. The number of hydrogen-bond donors (Lipinski definition) is 3. The van der Waals surface area contributed by atoms with Gasteiger partial charge in [0.2, 0.25) is 0 Å². The molecule has 1 aliphatic heterocycles. The van der Waals surface area contributed by atoms with E-state index in [1.165, 1.54) is 11.1 Å². The third-order valence-corrected chi connectivity index (χ3v) is 4.77. The molecule has 2 aromatic carbocycles. The summed E-state index contributed by atoms with van der Waals surface area (Å²) in [5.41, 5.74) is 10.6. The van der Waals surface area contributed by atoms with E-state index in [0.717, 1.165) is 31.5 Å². The van der Waals surface area contributed by atoms with Crippen LogP contribution in [0.3, 0.4) is 0 Å². The van der Waals surface area contributed by atoms with Crippen LogP contribution in [0.5, 0.6) is 0 Å². The number of rotatable bonds is 3. The van der Waals surface area contributed by atoms with E-state index >= 15 is 0 Å². The summed E-state index contributed by atoms with van der Waals surface area (Å²) in [6.07, 6.45) is 4.12. The monoisotopic (exact) mass is 323 g/mol. The summed E-state index contributed by atoms with van der Waals surface area (Å²) in [5.74, 6) is 1.44. The highest BCUT2D eigenvalue weighted by atomic mass is 16.5. The fraction of sp³-hybridized carbons (Fsp3) is 0.350.